The Kier molecular flexibility index (Phi) is 3.66. The number of carbonyl (C=O) groups excluding carboxylic acids is 2. The van der Waals surface area contributed by atoms with Gasteiger partial charge in [-0.25, -0.2) is 4.79 Å². The van der Waals surface area contributed by atoms with E-state index in [1.807, 2.05) is 13.8 Å². The van der Waals surface area contributed by atoms with Crippen molar-refractivity contribution in [1.29, 1.82) is 0 Å². The zero-order valence-electron chi connectivity index (χ0n) is 10.4. The van der Waals surface area contributed by atoms with E-state index in [1.165, 1.54) is 4.90 Å². The van der Waals surface area contributed by atoms with Crippen LogP contribution in [0.2, 0.25) is 0 Å². The number of nitrogens with zero attached hydrogens (tertiary/aromatic N) is 1. The Morgan fingerprint density at radius 2 is 2.24 bits per heavy atom. The number of hydrogen-bond acceptors (Lipinski definition) is 3. The summed E-state index contributed by atoms with van der Waals surface area (Å²) in [4.78, 5) is 25.0. The molecule has 5 nitrogen and oxygen atoms in total. The van der Waals surface area contributed by atoms with Crippen LogP contribution in [0, 0.1) is 5.92 Å². The molecule has 2 unspecified atom stereocenters. The van der Waals surface area contributed by atoms with Gasteiger partial charge in [-0.2, -0.15) is 0 Å². The Balaban J connectivity index is 1.93. The lowest BCUT2D eigenvalue weighted by Crippen LogP contribution is -2.37. The molecular weight excluding hydrogens is 220 g/mol. The van der Waals surface area contributed by atoms with Crippen molar-refractivity contribution in [1.82, 2.24) is 10.2 Å². The monoisotopic (exact) mass is 240 g/mol. The second-order valence-electron chi connectivity index (χ2n) is 5.22. The van der Waals surface area contributed by atoms with Crippen LogP contribution in [0.3, 0.4) is 0 Å². The van der Waals surface area contributed by atoms with Crippen LogP contribution < -0.4 is 5.32 Å². The molecule has 0 saturated carbocycles. The lowest BCUT2D eigenvalue weighted by Gasteiger charge is -2.17. The third kappa shape index (κ3) is 2.77. The number of nitrogens with one attached hydrogen (secondary N) is 1. The smallest absolute Gasteiger partial charge is 0.324 e. The minimum Gasteiger partial charge on any atom is -0.376 e. The van der Waals surface area contributed by atoms with E-state index >= 15 is 0 Å². The van der Waals surface area contributed by atoms with Crippen LogP contribution in [0.5, 0.6) is 0 Å². The topological polar surface area (TPSA) is 58.6 Å². The van der Waals surface area contributed by atoms with Crippen molar-refractivity contribution in [2.45, 2.75) is 45.3 Å². The second-order valence-corrected chi connectivity index (χ2v) is 5.22. The van der Waals surface area contributed by atoms with Crippen molar-refractivity contribution in [3.8, 4) is 0 Å². The molecule has 2 rings (SSSR count). The van der Waals surface area contributed by atoms with Gasteiger partial charge in [-0.3, -0.25) is 9.69 Å². The van der Waals surface area contributed by atoms with Crippen molar-refractivity contribution in [3.05, 3.63) is 0 Å². The van der Waals surface area contributed by atoms with Crippen molar-refractivity contribution in [2.75, 3.05) is 13.2 Å². The Morgan fingerprint density at radius 1 is 1.47 bits per heavy atom. The summed E-state index contributed by atoms with van der Waals surface area (Å²) >= 11 is 0. The molecule has 0 aromatic rings. The predicted molar refractivity (Wildman–Crippen MR) is 62.5 cm³/mol. The molecule has 3 amide bonds. The fourth-order valence-corrected chi connectivity index (χ4v) is 2.37. The fourth-order valence-electron chi connectivity index (χ4n) is 2.37. The van der Waals surface area contributed by atoms with E-state index in [0.717, 1.165) is 19.4 Å². The predicted octanol–water partition coefficient (Wildman–Crippen LogP) is 1.13. The summed E-state index contributed by atoms with van der Waals surface area (Å²) in [6.07, 6.45) is 2.69. The summed E-state index contributed by atoms with van der Waals surface area (Å²) in [5, 5.41) is 2.74. The lowest BCUT2D eigenvalue weighted by atomic mass is 10.0. The fraction of sp³-hybridized carbons (Fsp3) is 0.833. The number of carbonyl (C=O) groups is 2. The summed E-state index contributed by atoms with van der Waals surface area (Å²) in [7, 11) is 0. The van der Waals surface area contributed by atoms with E-state index in [1.54, 1.807) is 0 Å². The van der Waals surface area contributed by atoms with Gasteiger partial charge in [-0.1, -0.05) is 13.8 Å². The van der Waals surface area contributed by atoms with Crippen LogP contribution in [0.1, 0.15) is 33.1 Å². The largest absolute Gasteiger partial charge is 0.376 e. The van der Waals surface area contributed by atoms with Gasteiger partial charge in [0.15, 0.2) is 0 Å². The molecule has 0 radical (unpaired) electrons. The first kappa shape index (κ1) is 12.4. The highest BCUT2D eigenvalue weighted by atomic mass is 16.5. The van der Waals surface area contributed by atoms with Crippen LogP contribution >= 0.6 is 0 Å². The summed E-state index contributed by atoms with van der Waals surface area (Å²) < 4.78 is 5.45. The molecule has 1 N–H and O–H groups in total. The van der Waals surface area contributed by atoms with Crippen molar-refractivity contribution < 1.29 is 14.3 Å². The SMILES string of the molecule is CC(C)CC1NC(=O)N(CC2CCCO2)C1=O. The average Bonchev–Trinajstić information content (AvgIpc) is 2.83. The third-order valence-corrected chi connectivity index (χ3v) is 3.22. The van der Waals surface area contributed by atoms with Gasteiger partial charge in [0.05, 0.1) is 12.6 Å². The number of rotatable bonds is 4. The quantitative estimate of drug-likeness (QED) is 0.749. The first-order valence-corrected chi connectivity index (χ1v) is 6.31. The molecule has 96 valence electrons. The Hall–Kier alpha value is -1.10. The first-order valence-electron chi connectivity index (χ1n) is 6.31. The van der Waals surface area contributed by atoms with Gasteiger partial charge >= 0.3 is 6.03 Å². The van der Waals surface area contributed by atoms with Gasteiger partial charge < -0.3 is 10.1 Å². The minimum atomic E-state index is -0.344. The van der Waals surface area contributed by atoms with E-state index in [0.29, 0.717) is 18.9 Å². The number of hydrogen-bond donors (Lipinski definition) is 1. The Morgan fingerprint density at radius 3 is 2.82 bits per heavy atom. The molecule has 2 fully saturated rings. The third-order valence-electron chi connectivity index (χ3n) is 3.22. The maximum Gasteiger partial charge on any atom is 0.324 e. The molecule has 0 spiro atoms. The van der Waals surface area contributed by atoms with E-state index in [-0.39, 0.29) is 24.1 Å². The van der Waals surface area contributed by atoms with Crippen molar-refractivity contribution in [2.24, 2.45) is 5.92 Å². The van der Waals surface area contributed by atoms with E-state index in [4.69, 9.17) is 4.74 Å². The molecule has 17 heavy (non-hydrogen) atoms. The molecule has 5 heteroatoms. The van der Waals surface area contributed by atoms with Gasteiger partial charge in [-0.15, -0.1) is 0 Å². The van der Waals surface area contributed by atoms with E-state index in [9.17, 15) is 9.59 Å². The van der Waals surface area contributed by atoms with Gasteiger partial charge in [0.1, 0.15) is 6.04 Å². The number of ether oxygens (including phenoxy) is 1. The normalized spacial score (nSPS) is 29.2. The van der Waals surface area contributed by atoms with Crippen molar-refractivity contribution in [3.63, 3.8) is 0 Å². The van der Waals surface area contributed by atoms with Crippen molar-refractivity contribution >= 4 is 11.9 Å². The molecule has 2 atom stereocenters. The summed E-state index contributed by atoms with van der Waals surface area (Å²) in [6, 6.07) is -0.611. The molecule has 2 heterocycles. The van der Waals surface area contributed by atoms with E-state index < -0.39 is 0 Å². The highest BCUT2D eigenvalue weighted by Gasteiger charge is 2.39. The average molecular weight is 240 g/mol. The molecule has 0 aromatic carbocycles. The molecular formula is C12H20N2O3. The molecule has 0 aromatic heterocycles. The van der Waals surface area contributed by atoms with Crippen LogP contribution in [0.25, 0.3) is 0 Å². The molecule has 2 saturated heterocycles. The van der Waals surface area contributed by atoms with Gasteiger partial charge in [0.2, 0.25) is 0 Å². The Bertz CT molecular complexity index is 311. The summed E-state index contributed by atoms with van der Waals surface area (Å²) in [5.41, 5.74) is 0. The van der Waals surface area contributed by atoms with E-state index in [2.05, 4.69) is 5.32 Å². The maximum absolute atomic E-state index is 12.0. The highest BCUT2D eigenvalue weighted by Crippen LogP contribution is 2.18. The number of urea groups is 1. The van der Waals surface area contributed by atoms with Crippen LogP contribution in [0.4, 0.5) is 4.79 Å². The summed E-state index contributed by atoms with van der Waals surface area (Å²) in [6.45, 7) is 5.23. The zero-order valence-corrected chi connectivity index (χ0v) is 10.4. The zero-order chi connectivity index (χ0) is 12.4. The standard InChI is InChI=1S/C12H20N2O3/c1-8(2)6-10-11(15)14(12(16)13-10)7-9-4-3-5-17-9/h8-10H,3-7H2,1-2H3,(H,13,16). The van der Waals surface area contributed by atoms with Gasteiger partial charge in [0.25, 0.3) is 5.91 Å². The lowest BCUT2D eigenvalue weighted by molar-refractivity contribution is -0.128. The maximum atomic E-state index is 12.0. The number of amides is 3. The summed E-state index contributed by atoms with van der Waals surface area (Å²) in [5.74, 6) is 0.297. The van der Waals surface area contributed by atoms with Crippen LogP contribution in [-0.2, 0) is 9.53 Å². The van der Waals surface area contributed by atoms with Gasteiger partial charge in [-0.05, 0) is 25.2 Å². The highest BCUT2D eigenvalue weighted by molar-refractivity contribution is 6.04. The van der Waals surface area contributed by atoms with Gasteiger partial charge in [0, 0.05) is 6.61 Å². The number of imide groups is 1. The van der Waals surface area contributed by atoms with Crippen LogP contribution in [-0.4, -0.2) is 42.1 Å². The van der Waals surface area contributed by atoms with Crippen LogP contribution in [0.15, 0.2) is 0 Å². The minimum absolute atomic E-state index is 0.0301. The first-order chi connectivity index (χ1) is 8.08. The second kappa shape index (κ2) is 5.04. The molecule has 0 bridgehead atoms. The molecule has 2 aliphatic rings. The molecule has 0 aliphatic carbocycles. The Labute approximate surface area is 101 Å². The molecule has 2 aliphatic heterocycles.